The molecule has 4 heteroatoms. The van der Waals surface area contributed by atoms with Gasteiger partial charge in [0.15, 0.2) is 0 Å². The largest absolute Gasteiger partial charge is 0.366 e. The number of anilines is 1. The SMILES string of the molecule is CNCc1cc(F)c(N(C)Cc2cccc(C)c2)c(F)c1. The van der Waals surface area contributed by atoms with Crippen LogP contribution in [0.3, 0.4) is 0 Å². The first-order chi connectivity index (χ1) is 10.0. The van der Waals surface area contributed by atoms with E-state index in [-0.39, 0.29) is 5.69 Å². The Labute approximate surface area is 124 Å². The van der Waals surface area contributed by atoms with Crippen molar-refractivity contribution < 1.29 is 8.78 Å². The highest BCUT2D eigenvalue weighted by molar-refractivity contribution is 5.50. The fourth-order valence-corrected chi connectivity index (χ4v) is 2.45. The van der Waals surface area contributed by atoms with Gasteiger partial charge < -0.3 is 10.2 Å². The van der Waals surface area contributed by atoms with Crippen molar-refractivity contribution >= 4 is 5.69 Å². The molecular weight excluding hydrogens is 270 g/mol. The van der Waals surface area contributed by atoms with Crippen molar-refractivity contribution in [1.29, 1.82) is 0 Å². The zero-order valence-electron chi connectivity index (χ0n) is 12.6. The van der Waals surface area contributed by atoms with Gasteiger partial charge in [-0.3, -0.25) is 0 Å². The van der Waals surface area contributed by atoms with E-state index in [1.807, 2.05) is 31.2 Å². The monoisotopic (exact) mass is 290 g/mol. The number of hydrogen-bond donors (Lipinski definition) is 1. The lowest BCUT2D eigenvalue weighted by Gasteiger charge is -2.21. The molecule has 2 rings (SSSR count). The molecule has 0 heterocycles. The quantitative estimate of drug-likeness (QED) is 0.904. The van der Waals surface area contributed by atoms with Crippen LogP contribution in [0.5, 0.6) is 0 Å². The number of halogens is 2. The molecular formula is C17H20F2N2. The van der Waals surface area contributed by atoms with Crippen LogP contribution in [0.1, 0.15) is 16.7 Å². The van der Waals surface area contributed by atoms with Crippen molar-refractivity contribution in [1.82, 2.24) is 5.32 Å². The zero-order chi connectivity index (χ0) is 15.4. The van der Waals surface area contributed by atoms with E-state index in [0.717, 1.165) is 11.1 Å². The molecule has 0 bridgehead atoms. The van der Waals surface area contributed by atoms with Crippen LogP contribution in [0.15, 0.2) is 36.4 Å². The Balaban J connectivity index is 2.24. The topological polar surface area (TPSA) is 15.3 Å². The van der Waals surface area contributed by atoms with Crippen molar-refractivity contribution in [2.75, 3.05) is 19.0 Å². The average Bonchev–Trinajstić information content (AvgIpc) is 2.38. The predicted octanol–water partition coefficient (Wildman–Crippen LogP) is 3.63. The second kappa shape index (κ2) is 6.68. The van der Waals surface area contributed by atoms with Crippen molar-refractivity contribution in [3.05, 3.63) is 64.7 Å². The number of aryl methyl sites for hydroxylation is 1. The van der Waals surface area contributed by atoms with Crippen molar-refractivity contribution in [3.8, 4) is 0 Å². The highest BCUT2D eigenvalue weighted by Crippen LogP contribution is 2.25. The summed E-state index contributed by atoms with van der Waals surface area (Å²) in [7, 11) is 3.44. The van der Waals surface area contributed by atoms with E-state index >= 15 is 0 Å². The smallest absolute Gasteiger partial charge is 0.149 e. The lowest BCUT2D eigenvalue weighted by atomic mass is 10.1. The third-order valence-electron chi connectivity index (χ3n) is 3.34. The van der Waals surface area contributed by atoms with Gasteiger partial charge in [-0.1, -0.05) is 29.8 Å². The molecule has 0 spiro atoms. The predicted molar refractivity (Wildman–Crippen MR) is 82.4 cm³/mol. The van der Waals surface area contributed by atoms with Gasteiger partial charge >= 0.3 is 0 Å². The molecule has 0 aromatic heterocycles. The average molecular weight is 290 g/mol. The fraction of sp³-hybridized carbons (Fsp3) is 0.294. The van der Waals surface area contributed by atoms with Crippen molar-refractivity contribution in [2.24, 2.45) is 0 Å². The minimum Gasteiger partial charge on any atom is -0.366 e. The third kappa shape index (κ3) is 3.79. The third-order valence-corrected chi connectivity index (χ3v) is 3.34. The second-order valence-corrected chi connectivity index (χ2v) is 5.28. The lowest BCUT2D eigenvalue weighted by Crippen LogP contribution is -2.20. The number of nitrogens with one attached hydrogen (secondary N) is 1. The molecule has 1 N–H and O–H groups in total. The molecule has 0 amide bonds. The Bertz CT molecular complexity index is 603. The summed E-state index contributed by atoms with van der Waals surface area (Å²) >= 11 is 0. The Morgan fingerprint density at radius 3 is 2.29 bits per heavy atom. The molecule has 0 unspecified atom stereocenters. The molecule has 2 nitrogen and oxygen atoms in total. The van der Waals surface area contributed by atoms with Gasteiger partial charge in [0.2, 0.25) is 0 Å². The summed E-state index contributed by atoms with van der Waals surface area (Å²) in [5.41, 5.74) is 2.76. The molecule has 0 saturated heterocycles. The van der Waals surface area contributed by atoms with E-state index < -0.39 is 11.6 Å². The molecule has 0 fully saturated rings. The number of hydrogen-bond acceptors (Lipinski definition) is 2. The Kier molecular flexibility index (Phi) is 4.91. The van der Waals surface area contributed by atoms with Gasteiger partial charge in [0.05, 0.1) is 0 Å². The fourth-order valence-electron chi connectivity index (χ4n) is 2.45. The Morgan fingerprint density at radius 2 is 1.71 bits per heavy atom. The molecule has 2 aromatic carbocycles. The number of benzene rings is 2. The molecule has 0 aliphatic rings. The highest BCUT2D eigenvalue weighted by Gasteiger charge is 2.15. The maximum Gasteiger partial charge on any atom is 0.149 e. The van der Waals surface area contributed by atoms with Crippen LogP contribution < -0.4 is 10.2 Å². The van der Waals surface area contributed by atoms with E-state index in [9.17, 15) is 8.78 Å². The van der Waals surface area contributed by atoms with Crippen LogP contribution >= 0.6 is 0 Å². The zero-order valence-corrected chi connectivity index (χ0v) is 12.6. The van der Waals surface area contributed by atoms with Crippen LogP contribution in [0.25, 0.3) is 0 Å². The van der Waals surface area contributed by atoms with Crippen LogP contribution in [0.2, 0.25) is 0 Å². The molecule has 112 valence electrons. The molecule has 0 atom stereocenters. The standard InChI is InChI=1S/C17H20F2N2/c1-12-5-4-6-13(7-12)11-21(3)17-15(18)8-14(10-20-2)9-16(17)19/h4-9,20H,10-11H2,1-3H3. The lowest BCUT2D eigenvalue weighted by molar-refractivity contribution is 0.571. The van der Waals surface area contributed by atoms with Crippen molar-refractivity contribution in [3.63, 3.8) is 0 Å². The first-order valence-electron chi connectivity index (χ1n) is 6.90. The molecule has 21 heavy (non-hydrogen) atoms. The highest BCUT2D eigenvalue weighted by atomic mass is 19.1. The summed E-state index contributed by atoms with van der Waals surface area (Å²) in [6, 6.07) is 10.7. The van der Waals surface area contributed by atoms with Crippen molar-refractivity contribution in [2.45, 2.75) is 20.0 Å². The molecule has 0 aliphatic heterocycles. The van der Waals surface area contributed by atoms with Crippen LogP contribution in [0.4, 0.5) is 14.5 Å². The normalized spacial score (nSPS) is 10.7. The summed E-state index contributed by atoms with van der Waals surface area (Å²) in [5.74, 6) is -1.06. The minimum absolute atomic E-state index is 0.0105. The van der Waals surface area contributed by atoms with E-state index in [4.69, 9.17) is 0 Å². The molecule has 2 aromatic rings. The molecule has 0 radical (unpaired) electrons. The van der Waals surface area contributed by atoms with Gasteiger partial charge in [-0.15, -0.1) is 0 Å². The van der Waals surface area contributed by atoms with E-state index in [0.29, 0.717) is 18.7 Å². The Hall–Kier alpha value is -1.94. The number of rotatable bonds is 5. The minimum atomic E-state index is -0.532. The van der Waals surface area contributed by atoms with E-state index in [1.54, 1.807) is 19.0 Å². The first-order valence-corrected chi connectivity index (χ1v) is 6.90. The van der Waals surface area contributed by atoms with Gasteiger partial charge in [0.25, 0.3) is 0 Å². The maximum absolute atomic E-state index is 14.2. The first kappa shape index (κ1) is 15.4. The summed E-state index contributed by atoms with van der Waals surface area (Å²) in [5, 5.41) is 2.89. The van der Waals surface area contributed by atoms with Gasteiger partial charge in [0, 0.05) is 20.1 Å². The summed E-state index contributed by atoms with van der Waals surface area (Å²) in [6.07, 6.45) is 0. The Morgan fingerprint density at radius 1 is 1.05 bits per heavy atom. The van der Waals surface area contributed by atoms with Crippen LogP contribution in [-0.4, -0.2) is 14.1 Å². The van der Waals surface area contributed by atoms with Gasteiger partial charge in [-0.05, 0) is 37.2 Å². The number of nitrogens with zero attached hydrogens (tertiary/aromatic N) is 1. The maximum atomic E-state index is 14.2. The van der Waals surface area contributed by atoms with Crippen LogP contribution in [0, 0.1) is 18.6 Å². The second-order valence-electron chi connectivity index (χ2n) is 5.28. The summed E-state index contributed by atoms with van der Waals surface area (Å²) in [6.45, 7) is 2.90. The van der Waals surface area contributed by atoms with Gasteiger partial charge in [0.1, 0.15) is 17.3 Å². The summed E-state index contributed by atoms with van der Waals surface area (Å²) < 4.78 is 28.3. The van der Waals surface area contributed by atoms with Crippen LogP contribution in [-0.2, 0) is 13.1 Å². The molecule has 0 saturated carbocycles. The summed E-state index contributed by atoms with van der Waals surface area (Å²) in [4.78, 5) is 1.60. The molecule has 0 aliphatic carbocycles. The van der Waals surface area contributed by atoms with Gasteiger partial charge in [-0.25, -0.2) is 8.78 Å². The van der Waals surface area contributed by atoms with Gasteiger partial charge in [-0.2, -0.15) is 0 Å². The van der Waals surface area contributed by atoms with E-state index in [2.05, 4.69) is 5.32 Å². The van der Waals surface area contributed by atoms with E-state index in [1.165, 1.54) is 12.1 Å².